The van der Waals surface area contributed by atoms with Gasteiger partial charge in [-0.1, -0.05) is 0 Å². The number of aliphatic carboxylic acids is 1. The number of alkyl halides is 16. The maximum atomic E-state index is 13.3. The zero-order valence-corrected chi connectivity index (χ0v) is 14.8. The molecule has 20 heteroatoms. The largest absolute Gasteiger partial charge is 0.475 e. The quantitative estimate of drug-likeness (QED) is 0.199. The van der Waals surface area contributed by atoms with Crippen LogP contribution in [0, 0.1) is 0 Å². The summed E-state index contributed by atoms with van der Waals surface area (Å²) in [4.78, 5) is 10.6. The fourth-order valence-corrected chi connectivity index (χ4v) is 1.51. The van der Waals surface area contributed by atoms with Crippen molar-refractivity contribution in [1.82, 2.24) is 0 Å². The highest BCUT2D eigenvalue weighted by molar-refractivity contribution is 5.83. The van der Waals surface area contributed by atoms with Crippen molar-refractivity contribution in [3.8, 4) is 0 Å². The molecule has 1 N–H and O–H groups in total. The Kier molecular flexibility index (Phi) is 9.59. The summed E-state index contributed by atoms with van der Waals surface area (Å²) >= 11 is 0. The van der Waals surface area contributed by atoms with Gasteiger partial charge in [-0.2, -0.15) is 43.9 Å². The van der Waals surface area contributed by atoms with Crippen molar-refractivity contribution < 1.29 is 89.6 Å². The number of hydrogen-bond acceptors (Lipinski definition) is 3. The van der Waals surface area contributed by atoms with Gasteiger partial charge in [0.15, 0.2) is 0 Å². The molecule has 4 atom stereocenters. The molecule has 0 bridgehead atoms. The number of rotatable bonds is 13. The minimum Gasteiger partial charge on any atom is -0.475 e. The maximum Gasteiger partial charge on any atom is 0.378 e. The molecule has 0 aromatic heterocycles. The average Bonchev–Trinajstić information content (AvgIpc) is 2.68. The van der Waals surface area contributed by atoms with E-state index < -0.39 is 79.6 Å². The predicted molar refractivity (Wildman–Crippen MR) is 69.3 cm³/mol. The molecule has 4 nitrogen and oxygen atoms in total. The molecule has 0 spiro atoms. The summed E-state index contributed by atoms with van der Waals surface area (Å²) in [6.45, 7) is 0. The van der Waals surface area contributed by atoms with Crippen molar-refractivity contribution in [2.45, 2.75) is 61.6 Å². The standard InChI is InChI=1S/C13H8F16O4/c14-3(5(16)17)10(22,23)12(26,27)8(20)32-1-2(7(30)31)33-9(21)13(28,29)11(24,25)4(15)6(18)19/h1,3-6,8-9H,(H,30,31). The first-order valence-corrected chi connectivity index (χ1v) is 7.46. The van der Waals surface area contributed by atoms with E-state index in [1.54, 1.807) is 0 Å². The molecule has 0 aromatic rings. The van der Waals surface area contributed by atoms with Crippen molar-refractivity contribution in [3.63, 3.8) is 0 Å². The van der Waals surface area contributed by atoms with E-state index in [1.807, 2.05) is 0 Å². The van der Waals surface area contributed by atoms with Crippen molar-refractivity contribution in [1.29, 1.82) is 0 Å². The van der Waals surface area contributed by atoms with Gasteiger partial charge in [-0.15, -0.1) is 0 Å². The smallest absolute Gasteiger partial charge is 0.378 e. The Morgan fingerprint density at radius 2 is 0.970 bits per heavy atom. The lowest BCUT2D eigenvalue weighted by atomic mass is 10.1. The molecule has 0 saturated carbocycles. The summed E-state index contributed by atoms with van der Waals surface area (Å²) in [5, 5.41) is 8.44. The van der Waals surface area contributed by atoms with Crippen molar-refractivity contribution in [2.24, 2.45) is 0 Å². The normalized spacial score (nSPS) is 18.2. The molecule has 0 fully saturated rings. The van der Waals surface area contributed by atoms with Gasteiger partial charge in [0.2, 0.25) is 18.1 Å². The molecular weight excluding hydrogens is 524 g/mol. The lowest BCUT2D eigenvalue weighted by Crippen LogP contribution is -2.56. The van der Waals surface area contributed by atoms with E-state index in [-0.39, 0.29) is 0 Å². The lowest BCUT2D eigenvalue weighted by molar-refractivity contribution is -0.316. The second kappa shape index (κ2) is 10.3. The van der Waals surface area contributed by atoms with Gasteiger partial charge >= 0.3 is 42.4 Å². The number of halogens is 16. The second-order valence-electron chi connectivity index (χ2n) is 5.64. The molecule has 4 unspecified atom stereocenters. The molecule has 33 heavy (non-hydrogen) atoms. The number of carboxylic acid groups (broad SMARTS) is 1. The number of ether oxygens (including phenoxy) is 2. The van der Waals surface area contributed by atoms with Crippen molar-refractivity contribution in [3.05, 3.63) is 12.0 Å². The fraction of sp³-hybridized carbons (Fsp3) is 0.769. The Hall–Kier alpha value is -2.31. The summed E-state index contributed by atoms with van der Waals surface area (Å²) in [5.74, 6) is -31.9. The SMILES string of the molecule is O=C(O)C(=COC(F)C(F)(F)C(F)(F)C(F)C(F)F)OC(F)C(F)(F)C(F)(F)C(F)C(F)F. The van der Waals surface area contributed by atoms with E-state index in [0.717, 1.165) is 0 Å². The first-order valence-electron chi connectivity index (χ1n) is 7.46. The fourth-order valence-electron chi connectivity index (χ4n) is 1.51. The van der Waals surface area contributed by atoms with Gasteiger partial charge in [-0.05, 0) is 0 Å². The Morgan fingerprint density at radius 3 is 1.27 bits per heavy atom. The predicted octanol–water partition coefficient (Wildman–Crippen LogP) is 5.28. The molecule has 0 aliphatic carbocycles. The highest BCUT2D eigenvalue weighted by Crippen LogP contribution is 2.46. The number of hydrogen-bond donors (Lipinski definition) is 1. The maximum absolute atomic E-state index is 13.3. The van der Waals surface area contributed by atoms with Crippen LogP contribution in [-0.4, -0.2) is 72.7 Å². The number of carbonyl (C=O) groups is 1. The van der Waals surface area contributed by atoms with Crippen molar-refractivity contribution in [2.75, 3.05) is 0 Å². The third-order valence-electron chi connectivity index (χ3n) is 3.33. The van der Waals surface area contributed by atoms with Crippen LogP contribution >= 0.6 is 0 Å². The zero-order chi connectivity index (χ0) is 26.7. The summed E-state index contributed by atoms with van der Waals surface area (Å²) in [5.41, 5.74) is 0. The van der Waals surface area contributed by atoms with Crippen LogP contribution in [0.3, 0.4) is 0 Å². The van der Waals surface area contributed by atoms with Crippen LogP contribution in [0.25, 0.3) is 0 Å². The molecule has 0 aliphatic heterocycles. The highest BCUT2D eigenvalue weighted by Gasteiger charge is 2.71. The van der Waals surface area contributed by atoms with Crippen LogP contribution in [0.5, 0.6) is 0 Å². The van der Waals surface area contributed by atoms with E-state index in [4.69, 9.17) is 5.11 Å². The average molecular weight is 532 g/mol. The Balaban J connectivity index is 5.77. The van der Waals surface area contributed by atoms with E-state index in [2.05, 4.69) is 9.47 Å². The van der Waals surface area contributed by atoms with Crippen LogP contribution in [0.4, 0.5) is 70.2 Å². The zero-order valence-electron chi connectivity index (χ0n) is 14.8. The van der Waals surface area contributed by atoms with Crippen molar-refractivity contribution >= 4 is 5.97 Å². The first-order chi connectivity index (χ1) is 14.6. The first kappa shape index (κ1) is 30.7. The van der Waals surface area contributed by atoms with Gasteiger partial charge in [0, 0.05) is 0 Å². The molecule has 0 heterocycles. The molecule has 196 valence electrons. The van der Waals surface area contributed by atoms with Crippen LogP contribution < -0.4 is 0 Å². The van der Waals surface area contributed by atoms with E-state index in [9.17, 15) is 75.0 Å². The van der Waals surface area contributed by atoms with E-state index >= 15 is 0 Å². The second-order valence-corrected chi connectivity index (χ2v) is 5.64. The molecule has 0 saturated heterocycles. The summed E-state index contributed by atoms with van der Waals surface area (Å²) < 4.78 is 210. The van der Waals surface area contributed by atoms with Gasteiger partial charge < -0.3 is 14.6 Å². The van der Waals surface area contributed by atoms with Crippen LogP contribution in [-0.2, 0) is 14.3 Å². The van der Waals surface area contributed by atoms with Gasteiger partial charge in [0.05, 0.1) is 0 Å². The topological polar surface area (TPSA) is 55.8 Å². The summed E-state index contributed by atoms with van der Waals surface area (Å²) in [7, 11) is 0. The molecule has 0 aromatic carbocycles. The van der Waals surface area contributed by atoms with Gasteiger partial charge in [-0.25, -0.2) is 31.1 Å². The minimum absolute atomic E-state index is 1.24. The molecule has 0 aliphatic rings. The van der Waals surface area contributed by atoms with Gasteiger partial charge in [-0.3, -0.25) is 0 Å². The third kappa shape index (κ3) is 6.18. The van der Waals surface area contributed by atoms with Crippen LogP contribution in [0.2, 0.25) is 0 Å². The van der Waals surface area contributed by atoms with Crippen LogP contribution in [0.1, 0.15) is 0 Å². The van der Waals surface area contributed by atoms with E-state index in [0.29, 0.717) is 0 Å². The Bertz CT molecular complexity index is 696. The lowest BCUT2D eigenvalue weighted by Gasteiger charge is -2.31. The highest BCUT2D eigenvalue weighted by atomic mass is 19.3. The summed E-state index contributed by atoms with van der Waals surface area (Å²) in [6, 6.07) is 0. The third-order valence-corrected chi connectivity index (χ3v) is 3.33. The molecular formula is C13H8F16O4. The molecule has 0 amide bonds. The molecule has 0 radical (unpaired) electrons. The summed E-state index contributed by atoms with van der Waals surface area (Å²) in [6.07, 6.45) is -31.0. The van der Waals surface area contributed by atoms with Gasteiger partial charge in [0.1, 0.15) is 6.26 Å². The molecule has 0 rings (SSSR count). The number of carboxylic acids is 1. The Morgan fingerprint density at radius 1 is 0.636 bits per heavy atom. The monoisotopic (exact) mass is 532 g/mol. The van der Waals surface area contributed by atoms with Gasteiger partial charge in [0.25, 0.3) is 12.9 Å². The van der Waals surface area contributed by atoms with Crippen LogP contribution in [0.15, 0.2) is 12.0 Å². The van der Waals surface area contributed by atoms with E-state index in [1.165, 1.54) is 0 Å². The minimum atomic E-state index is -6.61. The Labute approximate surface area is 170 Å².